The standard InChI is InChI=1S/C38H35N9O3S/c48-37(41-11-10-26-20-42-34-9-8-32(18-33(26)34)50-24-25-5-2-1-3-6-25)27-15-29(16-27)43-38(49)28-17-31(21-39-19-28)47-23-30(44-45-47)22-46-13-12-40-36(46)35-7-4-14-51-35/h1-9,12-14,17-21,23,27,29,42H,10-11,15-16,22,24H2,(H,41,48)(H,43,49). The summed E-state index contributed by atoms with van der Waals surface area (Å²) in [5, 5.41) is 17.8. The summed E-state index contributed by atoms with van der Waals surface area (Å²) in [5.41, 5.74) is 5.05. The van der Waals surface area contributed by atoms with Crippen LogP contribution in [0.4, 0.5) is 0 Å². The van der Waals surface area contributed by atoms with Crippen molar-refractivity contribution in [2.75, 3.05) is 6.54 Å². The summed E-state index contributed by atoms with van der Waals surface area (Å²) in [4.78, 5) is 39.1. The van der Waals surface area contributed by atoms with Crippen LogP contribution in [0.3, 0.4) is 0 Å². The second kappa shape index (κ2) is 14.4. The molecule has 5 heterocycles. The van der Waals surface area contributed by atoms with Gasteiger partial charge in [-0.1, -0.05) is 41.6 Å². The lowest BCUT2D eigenvalue weighted by Crippen LogP contribution is -2.49. The van der Waals surface area contributed by atoms with E-state index in [1.165, 1.54) is 6.20 Å². The molecule has 0 atom stereocenters. The Hall–Kier alpha value is -6.08. The van der Waals surface area contributed by atoms with Gasteiger partial charge in [0.2, 0.25) is 5.91 Å². The van der Waals surface area contributed by atoms with Crippen LogP contribution in [0.15, 0.2) is 109 Å². The molecule has 0 spiro atoms. The van der Waals surface area contributed by atoms with E-state index in [2.05, 4.69) is 35.9 Å². The molecule has 0 bridgehead atoms. The van der Waals surface area contributed by atoms with E-state index in [9.17, 15) is 9.59 Å². The average Bonchev–Trinajstić information content (AvgIpc) is 3.98. The van der Waals surface area contributed by atoms with Crippen LogP contribution in [0.1, 0.15) is 40.0 Å². The van der Waals surface area contributed by atoms with E-state index in [4.69, 9.17) is 4.74 Å². The minimum Gasteiger partial charge on any atom is -0.489 e. The van der Waals surface area contributed by atoms with Gasteiger partial charge in [0.1, 0.15) is 23.9 Å². The summed E-state index contributed by atoms with van der Waals surface area (Å²) >= 11 is 1.63. The maximum atomic E-state index is 13.1. The number of benzene rings is 2. The fourth-order valence-corrected chi connectivity index (χ4v) is 7.03. The number of pyridine rings is 1. The number of ether oxygens (including phenoxy) is 1. The number of carbonyl (C=O) groups is 2. The molecule has 5 aromatic heterocycles. The number of aromatic nitrogens is 7. The Labute approximate surface area is 297 Å². The van der Waals surface area contributed by atoms with Crippen LogP contribution in [0.5, 0.6) is 5.75 Å². The molecule has 13 heteroatoms. The van der Waals surface area contributed by atoms with Crippen LogP contribution in [-0.2, 0) is 24.4 Å². The second-order valence-electron chi connectivity index (χ2n) is 12.6. The molecule has 0 unspecified atom stereocenters. The normalized spacial score (nSPS) is 15.4. The number of thiophene rings is 1. The molecule has 51 heavy (non-hydrogen) atoms. The summed E-state index contributed by atoms with van der Waals surface area (Å²) in [6, 6.07) is 21.8. The summed E-state index contributed by atoms with van der Waals surface area (Å²) in [6.07, 6.45) is 12.5. The molecule has 8 rings (SSSR count). The maximum Gasteiger partial charge on any atom is 0.253 e. The Kier molecular flexibility index (Phi) is 9.08. The summed E-state index contributed by atoms with van der Waals surface area (Å²) < 4.78 is 9.65. The molecule has 12 nitrogen and oxygen atoms in total. The number of imidazole rings is 1. The zero-order chi connectivity index (χ0) is 34.6. The van der Waals surface area contributed by atoms with Crippen molar-refractivity contribution in [2.24, 2.45) is 5.92 Å². The number of hydrogen-bond donors (Lipinski definition) is 3. The van der Waals surface area contributed by atoms with Crippen molar-refractivity contribution in [3.63, 3.8) is 0 Å². The highest BCUT2D eigenvalue weighted by atomic mass is 32.1. The lowest BCUT2D eigenvalue weighted by molar-refractivity contribution is -0.128. The number of H-pyrrole nitrogens is 1. The molecule has 7 aromatic rings. The first kappa shape index (κ1) is 32.1. The van der Waals surface area contributed by atoms with Gasteiger partial charge in [-0.3, -0.25) is 14.6 Å². The molecule has 0 saturated heterocycles. The molecule has 3 N–H and O–H groups in total. The smallest absolute Gasteiger partial charge is 0.253 e. The van der Waals surface area contributed by atoms with Gasteiger partial charge >= 0.3 is 0 Å². The first-order chi connectivity index (χ1) is 25.1. The Bertz CT molecular complexity index is 2270. The van der Waals surface area contributed by atoms with Crippen molar-refractivity contribution in [1.29, 1.82) is 0 Å². The van der Waals surface area contributed by atoms with E-state index in [0.717, 1.165) is 44.2 Å². The summed E-state index contributed by atoms with van der Waals surface area (Å²) in [6.45, 7) is 1.53. The quantitative estimate of drug-likeness (QED) is 0.143. The van der Waals surface area contributed by atoms with Gasteiger partial charge in [-0.25, -0.2) is 9.67 Å². The number of nitrogens with zero attached hydrogens (tertiary/aromatic N) is 6. The molecular weight excluding hydrogens is 663 g/mol. The van der Waals surface area contributed by atoms with E-state index in [1.54, 1.807) is 34.5 Å². The molecule has 1 saturated carbocycles. The monoisotopic (exact) mass is 697 g/mol. The van der Waals surface area contributed by atoms with E-state index < -0.39 is 0 Å². The van der Waals surface area contributed by atoms with Gasteiger partial charge < -0.3 is 24.9 Å². The largest absolute Gasteiger partial charge is 0.489 e. The van der Waals surface area contributed by atoms with Crippen LogP contribution >= 0.6 is 11.3 Å². The number of amides is 2. The van der Waals surface area contributed by atoms with Crippen molar-refractivity contribution in [1.82, 2.24) is 45.1 Å². The van der Waals surface area contributed by atoms with E-state index >= 15 is 0 Å². The fourth-order valence-electron chi connectivity index (χ4n) is 6.29. The third kappa shape index (κ3) is 7.29. The van der Waals surface area contributed by atoms with Crippen molar-refractivity contribution in [3.8, 4) is 22.1 Å². The first-order valence-electron chi connectivity index (χ1n) is 16.8. The number of aromatic amines is 1. The topological polar surface area (TPSA) is 145 Å². The summed E-state index contributed by atoms with van der Waals surface area (Å²) in [7, 11) is 0. The van der Waals surface area contributed by atoms with Crippen LogP contribution in [0.25, 0.3) is 27.3 Å². The van der Waals surface area contributed by atoms with Gasteiger partial charge in [-0.2, -0.15) is 0 Å². The van der Waals surface area contributed by atoms with Gasteiger partial charge in [0, 0.05) is 54.2 Å². The van der Waals surface area contributed by atoms with Crippen molar-refractivity contribution in [2.45, 2.75) is 38.5 Å². The average molecular weight is 698 g/mol. The van der Waals surface area contributed by atoms with E-state index in [0.29, 0.717) is 50.2 Å². The maximum absolute atomic E-state index is 13.1. The highest BCUT2D eigenvalue weighted by molar-refractivity contribution is 7.13. The lowest BCUT2D eigenvalue weighted by atomic mass is 9.79. The minimum absolute atomic E-state index is 0.0103. The number of rotatable bonds is 13. The van der Waals surface area contributed by atoms with Gasteiger partial charge in [0.25, 0.3) is 5.91 Å². The molecule has 0 aliphatic heterocycles. The number of nitrogens with one attached hydrogen (secondary N) is 3. The van der Waals surface area contributed by atoms with Crippen molar-refractivity contribution >= 4 is 34.1 Å². The zero-order valence-electron chi connectivity index (χ0n) is 27.6. The number of carbonyl (C=O) groups excluding carboxylic acids is 2. The summed E-state index contributed by atoms with van der Waals surface area (Å²) in [5.74, 6) is 1.32. The molecule has 2 aromatic carbocycles. The van der Waals surface area contributed by atoms with Gasteiger partial charge in [0.15, 0.2) is 0 Å². The Morgan fingerprint density at radius 2 is 1.94 bits per heavy atom. The highest BCUT2D eigenvalue weighted by Crippen LogP contribution is 2.29. The lowest BCUT2D eigenvalue weighted by Gasteiger charge is -2.34. The van der Waals surface area contributed by atoms with Gasteiger partial charge in [0.05, 0.1) is 35.1 Å². The SMILES string of the molecule is O=C(NC1CC(C(=O)NCCc2c[nH]c3ccc(OCc4ccccc4)cc23)C1)c1cncc(-n2cc(Cn3ccnc3-c3cccs3)nn2)c1. The van der Waals surface area contributed by atoms with E-state index in [1.807, 2.05) is 89.2 Å². The zero-order valence-corrected chi connectivity index (χ0v) is 28.4. The van der Waals surface area contributed by atoms with Crippen LogP contribution < -0.4 is 15.4 Å². The molecule has 0 radical (unpaired) electrons. The van der Waals surface area contributed by atoms with Gasteiger partial charge in [-0.15, -0.1) is 16.4 Å². The molecule has 1 fully saturated rings. The van der Waals surface area contributed by atoms with Crippen LogP contribution in [-0.4, -0.2) is 58.9 Å². The highest BCUT2D eigenvalue weighted by Gasteiger charge is 2.35. The molecule has 1 aliphatic rings. The van der Waals surface area contributed by atoms with E-state index in [-0.39, 0.29) is 23.8 Å². The van der Waals surface area contributed by atoms with Crippen molar-refractivity contribution in [3.05, 3.63) is 132 Å². The van der Waals surface area contributed by atoms with Crippen molar-refractivity contribution < 1.29 is 14.3 Å². The Balaban J connectivity index is 0.799. The molecule has 256 valence electrons. The van der Waals surface area contributed by atoms with Crippen LogP contribution in [0, 0.1) is 5.92 Å². The second-order valence-corrected chi connectivity index (χ2v) is 13.6. The molecule has 1 aliphatic carbocycles. The third-order valence-electron chi connectivity index (χ3n) is 9.11. The number of hydrogen-bond acceptors (Lipinski definition) is 8. The molecular formula is C38H35N9O3S. The Morgan fingerprint density at radius 3 is 2.80 bits per heavy atom. The third-order valence-corrected chi connectivity index (χ3v) is 9.97. The number of fused-ring (bicyclic) bond motifs is 1. The van der Waals surface area contributed by atoms with Crippen LogP contribution in [0.2, 0.25) is 0 Å². The fraction of sp³-hybridized carbons (Fsp3) is 0.211. The predicted molar refractivity (Wildman–Crippen MR) is 194 cm³/mol. The first-order valence-corrected chi connectivity index (χ1v) is 17.7. The van der Waals surface area contributed by atoms with Gasteiger partial charge in [-0.05, 0) is 66.1 Å². The Morgan fingerprint density at radius 1 is 1.04 bits per heavy atom. The minimum atomic E-state index is -0.237. The predicted octanol–water partition coefficient (Wildman–Crippen LogP) is 5.56. The molecule has 2 amide bonds.